The minimum absolute atomic E-state index is 0.570. The summed E-state index contributed by atoms with van der Waals surface area (Å²) in [6.45, 7) is 8.71. The molecule has 3 rings (SSSR count). The number of rotatable bonds is 7. The van der Waals surface area contributed by atoms with Crippen LogP contribution in [-0.4, -0.2) is 24.5 Å². The number of thiazole rings is 1. The van der Waals surface area contributed by atoms with Crippen molar-refractivity contribution in [3.05, 3.63) is 59.2 Å². The number of benzene rings is 2. The van der Waals surface area contributed by atoms with Crippen molar-refractivity contribution in [1.29, 1.82) is 0 Å². The number of ether oxygens (including phenoxy) is 1. The number of hydrogen-bond donors (Lipinski definition) is 0. The van der Waals surface area contributed by atoms with Gasteiger partial charge in [-0.1, -0.05) is 38.1 Å². The van der Waals surface area contributed by atoms with Crippen molar-refractivity contribution < 1.29 is 4.74 Å². The summed E-state index contributed by atoms with van der Waals surface area (Å²) in [5.41, 5.74) is 2.16. The zero-order valence-electron chi connectivity index (χ0n) is 16.1. The Labute approximate surface area is 164 Å². The van der Waals surface area contributed by atoms with E-state index in [4.69, 9.17) is 9.84 Å². The van der Waals surface area contributed by atoms with Crippen LogP contribution in [0.25, 0.3) is 22.0 Å². The van der Waals surface area contributed by atoms with Gasteiger partial charge in [0.25, 0.3) is 0 Å². The van der Waals surface area contributed by atoms with Gasteiger partial charge in [-0.25, -0.2) is 4.68 Å². The van der Waals surface area contributed by atoms with Gasteiger partial charge in [-0.05, 0) is 41.3 Å². The molecule has 0 saturated carbocycles. The smallest absolute Gasteiger partial charge is 0.206 e. The maximum atomic E-state index is 5.32. The molecular formula is C22H25N3OS. The standard InChI is InChI=1S/C22H25N3OS/c1-5-11-23-22-25(24-12-10-16(2)3)21(15-27-22)19-7-6-18-14-20(26-4)9-8-17(18)13-19/h5-9,12-16H,1,10-11H2,2-4H3. The Morgan fingerprint density at radius 3 is 2.70 bits per heavy atom. The Kier molecular flexibility index (Phi) is 6.24. The van der Waals surface area contributed by atoms with Gasteiger partial charge in [0, 0.05) is 17.2 Å². The zero-order valence-corrected chi connectivity index (χ0v) is 16.9. The van der Waals surface area contributed by atoms with Gasteiger partial charge in [-0.15, -0.1) is 17.9 Å². The van der Waals surface area contributed by atoms with Gasteiger partial charge in [-0.3, -0.25) is 4.99 Å². The molecule has 0 atom stereocenters. The number of methoxy groups -OCH3 is 1. The maximum absolute atomic E-state index is 5.32. The molecule has 2 aromatic carbocycles. The highest BCUT2D eigenvalue weighted by molar-refractivity contribution is 7.07. The molecule has 0 unspecified atom stereocenters. The summed E-state index contributed by atoms with van der Waals surface area (Å²) in [6, 6.07) is 12.5. The summed E-state index contributed by atoms with van der Waals surface area (Å²) in [5.74, 6) is 1.44. The highest BCUT2D eigenvalue weighted by atomic mass is 32.1. The topological polar surface area (TPSA) is 38.9 Å². The first-order chi connectivity index (χ1) is 13.1. The van der Waals surface area contributed by atoms with Gasteiger partial charge >= 0.3 is 0 Å². The van der Waals surface area contributed by atoms with Crippen molar-refractivity contribution >= 4 is 28.3 Å². The van der Waals surface area contributed by atoms with Crippen LogP contribution >= 0.6 is 11.3 Å². The van der Waals surface area contributed by atoms with Crippen molar-refractivity contribution in [2.75, 3.05) is 13.7 Å². The predicted octanol–water partition coefficient (Wildman–Crippen LogP) is 5.35. The Morgan fingerprint density at radius 2 is 1.96 bits per heavy atom. The summed E-state index contributed by atoms with van der Waals surface area (Å²) < 4.78 is 7.25. The molecule has 1 heterocycles. The lowest BCUT2D eigenvalue weighted by atomic mass is 10.1. The fourth-order valence-electron chi connectivity index (χ4n) is 2.71. The van der Waals surface area contributed by atoms with Crippen LogP contribution in [0, 0.1) is 5.92 Å². The number of fused-ring (bicyclic) bond motifs is 1. The van der Waals surface area contributed by atoms with Crippen molar-refractivity contribution in [2.24, 2.45) is 16.0 Å². The lowest BCUT2D eigenvalue weighted by Gasteiger charge is -2.07. The summed E-state index contributed by atoms with van der Waals surface area (Å²) in [5, 5.41) is 9.13. The molecule has 0 saturated heterocycles. The molecule has 0 aliphatic carbocycles. The second-order valence-electron chi connectivity index (χ2n) is 6.70. The summed E-state index contributed by atoms with van der Waals surface area (Å²) in [6.07, 6.45) is 4.70. The normalized spacial score (nSPS) is 12.4. The predicted molar refractivity (Wildman–Crippen MR) is 116 cm³/mol. The molecule has 0 fully saturated rings. The first-order valence-corrected chi connectivity index (χ1v) is 9.93. The van der Waals surface area contributed by atoms with E-state index in [0.29, 0.717) is 12.5 Å². The molecule has 0 aliphatic heterocycles. The van der Waals surface area contributed by atoms with Crippen LogP contribution in [0.1, 0.15) is 20.3 Å². The van der Waals surface area contributed by atoms with E-state index >= 15 is 0 Å². The Morgan fingerprint density at radius 1 is 1.19 bits per heavy atom. The average molecular weight is 380 g/mol. The third kappa shape index (κ3) is 4.55. The lowest BCUT2D eigenvalue weighted by molar-refractivity contribution is 0.415. The van der Waals surface area contributed by atoms with Crippen molar-refractivity contribution in [1.82, 2.24) is 4.68 Å². The van der Waals surface area contributed by atoms with Crippen molar-refractivity contribution in [2.45, 2.75) is 20.3 Å². The van der Waals surface area contributed by atoms with E-state index in [-0.39, 0.29) is 0 Å². The molecule has 0 N–H and O–H groups in total. The molecule has 5 heteroatoms. The molecule has 0 radical (unpaired) electrons. The molecule has 27 heavy (non-hydrogen) atoms. The van der Waals surface area contributed by atoms with Crippen LogP contribution in [0.5, 0.6) is 5.75 Å². The minimum atomic E-state index is 0.570. The quantitative estimate of drug-likeness (QED) is 0.403. The van der Waals surface area contributed by atoms with Crippen molar-refractivity contribution in [3.63, 3.8) is 0 Å². The van der Waals surface area contributed by atoms with Gasteiger partial charge in [0.2, 0.25) is 4.80 Å². The van der Waals surface area contributed by atoms with Gasteiger partial charge in [0.1, 0.15) is 5.75 Å². The van der Waals surface area contributed by atoms with Crippen LogP contribution < -0.4 is 9.54 Å². The largest absolute Gasteiger partial charge is 0.497 e. The minimum Gasteiger partial charge on any atom is -0.497 e. The third-order valence-electron chi connectivity index (χ3n) is 4.16. The molecule has 140 valence electrons. The lowest BCUT2D eigenvalue weighted by Crippen LogP contribution is -2.12. The monoisotopic (exact) mass is 379 g/mol. The van der Waals surface area contributed by atoms with E-state index in [0.717, 1.165) is 33.6 Å². The summed E-state index contributed by atoms with van der Waals surface area (Å²) >= 11 is 1.60. The van der Waals surface area contributed by atoms with Crippen LogP contribution in [0.3, 0.4) is 0 Å². The fraction of sp³-hybridized carbons (Fsp3) is 0.273. The van der Waals surface area contributed by atoms with Gasteiger partial charge in [-0.2, -0.15) is 5.10 Å². The van der Waals surface area contributed by atoms with Gasteiger partial charge < -0.3 is 4.74 Å². The van der Waals surface area contributed by atoms with Gasteiger partial charge in [0.15, 0.2) is 0 Å². The third-order valence-corrected chi connectivity index (χ3v) is 5.01. The second kappa shape index (κ2) is 8.82. The van der Waals surface area contributed by atoms with Crippen LogP contribution in [-0.2, 0) is 0 Å². The molecule has 0 bridgehead atoms. The highest BCUT2D eigenvalue weighted by Crippen LogP contribution is 2.27. The van der Waals surface area contributed by atoms with Crippen LogP contribution in [0.4, 0.5) is 0 Å². The Balaban J connectivity index is 2.07. The van der Waals surface area contributed by atoms with E-state index in [1.807, 2.05) is 23.0 Å². The first-order valence-electron chi connectivity index (χ1n) is 9.05. The van der Waals surface area contributed by atoms with Gasteiger partial charge in [0.05, 0.1) is 19.3 Å². The SMILES string of the molecule is C=CCN=c1scc(-c2ccc3cc(OC)ccc3c2)n1N=CCC(C)C. The zero-order chi connectivity index (χ0) is 19.2. The fourth-order valence-corrected chi connectivity index (χ4v) is 3.56. The maximum Gasteiger partial charge on any atom is 0.206 e. The number of hydrogen-bond acceptors (Lipinski definition) is 4. The molecule has 0 spiro atoms. The highest BCUT2D eigenvalue weighted by Gasteiger charge is 2.08. The van der Waals surface area contributed by atoms with E-state index in [9.17, 15) is 0 Å². The molecular weight excluding hydrogens is 354 g/mol. The number of nitrogens with zero attached hydrogens (tertiary/aromatic N) is 3. The van der Waals surface area contributed by atoms with E-state index in [1.54, 1.807) is 24.5 Å². The molecule has 3 aromatic rings. The average Bonchev–Trinajstić information content (AvgIpc) is 3.08. The summed E-state index contributed by atoms with van der Waals surface area (Å²) in [4.78, 5) is 5.46. The Hall–Kier alpha value is -2.66. The number of aromatic nitrogens is 1. The molecule has 4 nitrogen and oxygen atoms in total. The summed E-state index contributed by atoms with van der Waals surface area (Å²) in [7, 11) is 1.69. The first kappa shape index (κ1) is 19.1. The van der Waals surface area contributed by atoms with Crippen molar-refractivity contribution in [3.8, 4) is 17.0 Å². The molecule has 0 amide bonds. The van der Waals surface area contributed by atoms with Crippen LogP contribution in [0.2, 0.25) is 0 Å². The van der Waals surface area contributed by atoms with Crippen LogP contribution in [0.15, 0.2) is 64.5 Å². The van der Waals surface area contributed by atoms with E-state index < -0.39 is 0 Å². The second-order valence-corrected chi connectivity index (χ2v) is 7.54. The molecule has 0 aliphatic rings. The molecule has 1 aromatic heterocycles. The Bertz CT molecular complexity index is 1030. The van der Waals surface area contributed by atoms with E-state index in [2.05, 4.69) is 55.1 Å². The van der Waals surface area contributed by atoms with E-state index in [1.165, 1.54) is 5.39 Å².